The Morgan fingerprint density at radius 3 is 2.12 bits per heavy atom. The van der Waals surface area contributed by atoms with Crippen molar-refractivity contribution in [3.8, 4) is 0 Å². The number of hydrogen-bond donors (Lipinski definition) is 1. The van der Waals surface area contributed by atoms with Crippen LogP contribution in [0.15, 0.2) is 0 Å². The van der Waals surface area contributed by atoms with Gasteiger partial charge < -0.3 is 5.32 Å². The van der Waals surface area contributed by atoms with Gasteiger partial charge in [0, 0.05) is 44.8 Å². The predicted octanol–water partition coefficient (Wildman–Crippen LogP) is 1.40. The van der Waals surface area contributed by atoms with Gasteiger partial charge in [-0.25, -0.2) is 0 Å². The van der Waals surface area contributed by atoms with E-state index in [9.17, 15) is 0 Å². The standard InChI is InChI=1S/C14H29N3/c1-4-12(5-2)14(15-6-3)13-11-16-7-9-17(13)10-8-16/h12-15H,4-11H2,1-3H3. The molecule has 1 N–H and O–H groups in total. The van der Waals surface area contributed by atoms with Crippen LogP contribution >= 0.6 is 0 Å². The van der Waals surface area contributed by atoms with Gasteiger partial charge >= 0.3 is 0 Å². The van der Waals surface area contributed by atoms with Gasteiger partial charge in [-0.1, -0.05) is 33.6 Å². The van der Waals surface area contributed by atoms with Crippen molar-refractivity contribution in [3.63, 3.8) is 0 Å². The zero-order chi connectivity index (χ0) is 12.3. The first-order valence-corrected chi connectivity index (χ1v) is 7.49. The Hall–Kier alpha value is -0.120. The number of rotatable bonds is 6. The molecule has 3 heteroatoms. The smallest absolute Gasteiger partial charge is 0.0380 e. The lowest BCUT2D eigenvalue weighted by molar-refractivity contribution is -0.0136. The fourth-order valence-electron chi connectivity index (χ4n) is 3.65. The minimum Gasteiger partial charge on any atom is -0.312 e. The Bertz CT molecular complexity index is 220. The van der Waals surface area contributed by atoms with E-state index in [0.717, 1.165) is 18.5 Å². The number of nitrogens with zero attached hydrogens (tertiary/aromatic N) is 2. The number of piperazine rings is 3. The Morgan fingerprint density at radius 1 is 1.06 bits per heavy atom. The maximum Gasteiger partial charge on any atom is 0.0380 e. The molecule has 2 bridgehead atoms. The number of likely N-dealkylation sites (N-methyl/N-ethyl adjacent to an activating group) is 1. The van der Waals surface area contributed by atoms with E-state index >= 15 is 0 Å². The van der Waals surface area contributed by atoms with Crippen LogP contribution in [0.2, 0.25) is 0 Å². The van der Waals surface area contributed by atoms with Gasteiger partial charge in [-0.05, 0) is 12.5 Å². The largest absolute Gasteiger partial charge is 0.312 e. The van der Waals surface area contributed by atoms with Gasteiger partial charge in [0.05, 0.1) is 0 Å². The highest BCUT2D eigenvalue weighted by atomic mass is 15.4. The van der Waals surface area contributed by atoms with Crippen LogP contribution in [0.5, 0.6) is 0 Å². The minimum atomic E-state index is 0.693. The van der Waals surface area contributed by atoms with E-state index < -0.39 is 0 Å². The van der Waals surface area contributed by atoms with Gasteiger partial charge in [0.1, 0.15) is 0 Å². The van der Waals surface area contributed by atoms with E-state index in [-0.39, 0.29) is 0 Å². The summed E-state index contributed by atoms with van der Waals surface area (Å²) >= 11 is 0. The number of nitrogens with one attached hydrogen (secondary N) is 1. The normalized spacial score (nSPS) is 34.2. The average Bonchev–Trinajstić information content (AvgIpc) is 2.40. The van der Waals surface area contributed by atoms with Crippen molar-refractivity contribution >= 4 is 0 Å². The van der Waals surface area contributed by atoms with Crippen LogP contribution in [-0.4, -0.2) is 61.2 Å². The summed E-state index contributed by atoms with van der Waals surface area (Å²) in [6.07, 6.45) is 2.61. The molecule has 3 fully saturated rings. The molecule has 3 saturated heterocycles. The third-order valence-corrected chi connectivity index (χ3v) is 4.73. The van der Waals surface area contributed by atoms with Gasteiger partial charge in [-0.3, -0.25) is 9.80 Å². The highest BCUT2D eigenvalue weighted by Crippen LogP contribution is 2.25. The fourth-order valence-corrected chi connectivity index (χ4v) is 3.65. The molecular formula is C14H29N3. The Labute approximate surface area is 107 Å². The predicted molar refractivity (Wildman–Crippen MR) is 73.3 cm³/mol. The van der Waals surface area contributed by atoms with Crippen LogP contribution in [0.1, 0.15) is 33.6 Å². The molecule has 0 spiro atoms. The average molecular weight is 239 g/mol. The quantitative estimate of drug-likeness (QED) is 0.756. The summed E-state index contributed by atoms with van der Waals surface area (Å²) in [6.45, 7) is 14.5. The molecule has 0 aliphatic carbocycles. The van der Waals surface area contributed by atoms with Crippen molar-refractivity contribution < 1.29 is 0 Å². The summed E-state index contributed by atoms with van der Waals surface area (Å²) in [5.74, 6) is 0.834. The molecular weight excluding hydrogens is 210 g/mol. The van der Waals surface area contributed by atoms with Crippen LogP contribution in [-0.2, 0) is 0 Å². The highest BCUT2D eigenvalue weighted by molar-refractivity contribution is 4.96. The summed E-state index contributed by atoms with van der Waals surface area (Å²) in [5, 5.41) is 3.77. The number of hydrogen-bond acceptors (Lipinski definition) is 3. The molecule has 2 atom stereocenters. The van der Waals surface area contributed by atoms with Gasteiger partial charge in [0.25, 0.3) is 0 Å². The Kier molecular flexibility index (Phi) is 4.83. The lowest BCUT2D eigenvalue weighted by atomic mass is 9.86. The molecule has 0 radical (unpaired) electrons. The van der Waals surface area contributed by atoms with Gasteiger partial charge in [-0.15, -0.1) is 0 Å². The van der Waals surface area contributed by atoms with Crippen LogP contribution < -0.4 is 5.32 Å². The highest BCUT2D eigenvalue weighted by Gasteiger charge is 2.38. The molecule has 100 valence electrons. The number of fused-ring (bicyclic) bond motifs is 3. The molecule has 3 aliphatic rings. The monoisotopic (exact) mass is 239 g/mol. The second kappa shape index (κ2) is 6.17. The molecule has 3 heterocycles. The first-order valence-electron chi connectivity index (χ1n) is 7.49. The van der Waals surface area contributed by atoms with E-state index in [1.54, 1.807) is 0 Å². The summed E-state index contributed by atoms with van der Waals surface area (Å²) in [4.78, 5) is 5.38. The SMILES string of the molecule is CCNC(C(CC)CC)C1CN2CCN1CC2. The van der Waals surface area contributed by atoms with E-state index in [4.69, 9.17) is 0 Å². The third kappa shape index (κ3) is 2.83. The van der Waals surface area contributed by atoms with E-state index in [1.807, 2.05) is 0 Å². The third-order valence-electron chi connectivity index (χ3n) is 4.73. The summed E-state index contributed by atoms with van der Waals surface area (Å²) < 4.78 is 0. The zero-order valence-electron chi connectivity index (χ0n) is 11.8. The Balaban J connectivity index is 2.04. The molecule has 0 aromatic rings. The van der Waals surface area contributed by atoms with Crippen molar-refractivity contribution in [1.29, 1.82) is 0 Å². The van der Waals surface area contributed by atoms with Crippen LogP contribution in [0.4, 0.5) is 0 Å². The molecule has 3 nitrogen and oxygen atoms in total. The minimum absolute atomic E-state index is 0.693. The topological polar surface area (TPSA) is 18.5 Å². The summed E-state index contributed by atoms with van der Waals surface area (Å²) in [6, 6.07) is 1.44. The maximum atomic E-state index is 3.77. The van der Waals surface area contributed by atoms with E-state index in [1.165, 1.54) is 45.6 Å². The Morgan fingerprint density at radius 2 is 1.71 bits per heavy atom. The zero-order valence-corrected chi connectivity index (χ0v) is 11.8. The van der Waals surface area contributed by atoms with Gasteiger partial charge in [0.2, 0.25) is 0 Å². The molecule has 0 amide bonds. The molecule has 0 aromatic carbocycles. The van der Waals surface area contributed by atoms with Crippen molar-refractivity contribution in [2.75, 3.05) is 39.3 Å². The molecule has 3 rings (SSSR count). The van der Waals surface area contributed by atoms with E-state index in [2.05, 4.69) is 35.9 Å². The van der Waals surface area contributed by atoms with Gasteiger partial charge in [-0.2, -0.15) is 0 Å². The molecule has 0 aromatic heterocycles. The van der Waals surface area contributed by atoms with Crippen LogP contribution in [0, 0.1) is 5.92 Å². The maximum absolute atomic E-state index is 3.77. The second-order valence-electron chi connectivity index (χ2n) is 5.56. The lowest BCUT2D eigenvalue weighted by Gasteiger charge is -2.51. The molecule has 17 heavy (non-hydrogen) atoms. The van der Waals surface area contributed by atoms with E-state index in [0.29, 0.717) is 6.04 Å². The second-order valence-corrected chi connectivity index (χ2v) is 5.56. The molecule has 3 aliphatic heterocycles. The van der Waals surface area contributed by atoms with Crippen molar-refractivity contribution in [3.05, 3.63) is 0 Å². The molecule has 0 saturated carbocycles. The first kappa shape index (κ1) is 13.3. The molecule has 2 unspecified atom stereocenters. The van der Waals surface area contributed by atoms with Crippen molar-refractivity contribution in [1.82, 2.24) is 15.1 Å². The fraction of sp³-hybridized carbons (Fsp3) is 1.00. The van der Waals surface area contributed by atoms with Crippen molar-refractivity contribution in [2.45, 2.75) is 45.7 Å². The summed E-state index contributed by atoms with van der Waals surface area (Å²) in [7, 11) is 0. The van der Waals surface area contributed by atoms with Crippen LogP contribution in [0.3, 0.4) is 0 Å². The lowest BCUT2D eigenvalue weighted by Crippen LogP contribution is -2.67. The van der Waals surface area contributed by atoms with Crippen LogP contribution in [0.25, 0.3) is 0 Å². The van der Waals surface area contributed by atoms with Crippen molar-refractivity contribution in [2.24, 2.45) is 5.92 Å². The summed E-state index contributed by atoms with van der Waals surface area (Å²) in [5.41, 5.74) is 0. The van der Waals surface area contributed by atoms with Gasteiger partial charge in [0.15, 0.2) is 0 Å². The first-order chi connectivity index (χ1) is 8.30.